The second-order valence-electron chi connectivity index (χ2n) is 5.49. The van der Waals surface area contributed by atoms with Gasteiger partial charge in [-0.25, -0.2) is 0 Å². The lowest BCUT2D eigenvalue weighted by atomic mass is 10.00. The van der Waals surface area contributed by atoms with E-state index in [0.717, 1.165) is 50.3 Å². The molecule has 1 heterocycles. The number of benzene rings is 1. The SMILES string of the molecule is CCCOc1ccccc1NC1CCOC(CCC)C1. The molecule has 1 aliphatic heterocycles. The van der Waals surface area contributed by atoms with Crippen molar-refractivity contribution in [3.63, 3.8) is 0 Å². The maximum Gasteiger partial charge on any atom is 0.142 e. The first kappa shape index (κ1) is 15.2. The predicted octanol–water partition coefficient (Wildman–Crippen LogP) is 4.24. The van der Waals surface area contributed by atoms with Gasteiger partial charge in [-0.2, -0.15) is 0 Å². The molecule has 20 heavy (non-hydrogen) atoms. The lowest BCUT2D eigenvalue weighted by Crippen LogP contribution is -2.34. The zero-order valence-corrected chi connectivity index (χ0v) is 12.7. The molecule has 1 fully saturated rings. The van der Waals surface area contributed by atoms with Crippen molar-refractivity contribution in [2.45, 2.75) is 58.1 Å². The van der Waals surface area contributed by atoms with Gasteiger partial charge in [-0.3, -0.25) is 0 Å². The molecule has 112 valence electrons. The molecule has 3 heteroatoms. The van der Waals surface area contributed by atoms with Gasteiger partial charge in [0.25, 0.3) is 0 Å². The third kappa shape index (κ3) is 4.41. The Labute approximate surface area is 122 Å². The highest BCUT2D eigenvalue weighted by atomic mass is 16.5. The minimum atomic E-state index is 0.412. The van der Waals surface area contributed by atoms with E-state index in [2.05, 4.69) is 31.3 Å². The molecule has 1 N–H and O–H groups in total. The summed E-state index contributed by atoms with van der Waals surface area (Å²) in [5, 5.41) is 3.64. The normalized spacial score (nSPS) is 22.5. The van der Waals surface area contributed by atoms with Gasteiger partial charge in [0.15, 0.2) is 0 Å². The average Bonchev–Trinajstić information content (AvgIpc) is 2.47. The molecular weight excluding hydrogens is 250 g/mol. The second-order valence-corrected chi connectivity index (χ2v) is 5.49. The van der Waals surface area contributed by atoms with Gasteiger partial charge in [-0.15, -0.1) is 0 Å². The fourth-order valence-corrected chi connectivity index (χ4v) is 2.68. The summed E-state index contributed by atoms with van der Waals surface area (Å²) < 4.78 is 11.6. The van der Waals surface area contributed by atoms with Gasteiger partial charge in [0, 0.05) is 12.6 Å². The summed E-state index contributed by atoms with van der Waals surface area (Å²) in [4.78, 5) is 0. The van der Waals surface area contributed by atoms with Gasteiger partial charge < -0.3 is 14.8 Å². The molecule has 0 aliphatic carbocycles. The first-order valence-corrected chi connectivity index (χ1v) is 7.93. The van der Waals surface area contributed by atoms with Crippen LogP contribution in [0.3, 0.4) is 0 Å². The van der Waals surface area contributed by atoms with Crippen LogP contribution < -0.4 is 10.1 Å². The number of anilines is 1. The first-order chi connectivity index (χ1) is 9.83. The van der Waals surface area contributed by atoms with Crippen molar-refractivity contribution in [1.82, 2.24) is 0 Å². The fraction of sp³-hybridized carbons (Fsp3) is 0.647. The molecule has 2 rings (SSSR count). The lowest BCUT2D eigenvalue weighted by Gasteiger charge is -2.31. The molecular formula is C17H27NO2. The van der Waals surface area contributed by atoms with Crippen molar-refractivity contribution >= 4 is 5.69 Å². The van der Waals surface area contributed by atoms with E-state index in [1.54, 1.807) is 0 Å². The van der Waals surface area contributed by atoms with Crippen molar-refractivity contribution in [2.75, 3.05) is 18.5 Å². The molecule has 1 aromatic carbocycles. The summed E-state index contributed by atoms with van der Waals surface area (Å²) >= 11 is 0. The molecule has 0 saturated carbocycles. The number of hydrogen-bond donors (Lipinski definition) is 1. The van der Waals surface area contributed by atoms with E-state index in [9.17, 15) is 0 Å². The summed E-state index contributed by atoms with van der Waals surface area (Å²) in [7, 11) is 0. The van der Waals surface area contributed by atoms with E-state index >= 15 is 0 Å². The van der Waals surface area contributed by atoms with Gasteiger partial charge in [0.1, 0.15) is 5.75 Å². The summed E-state index contributed by atoms with van der Waals surface area (Å²) in [6.07, 6.45) is 5.96. The minimum Gasteiger partial charge on any atom is -0.491 e. The van der Waals surface area contributed by atoms with E-state index in [-0.39, 0.29) is 0 Å². The van der Waals surface area contributed by atoms with E-state index in [1.165, 1.54) is 6.42 Å². The Kier molecular flexibility index (Phi) is 6.19. The zero-order chi connectivity index (χ0) is 14.2. The number of rotatable bonds is 7. The van der Waals surface area contributed by atoms with E-state index in [1.807, 2.05) is 12.1 Å². The van der Waals surface area contributed by atoms with Crippen LogP contribution in [0.25, 0.3) is 0 Å². The maximum atomic E-state index is 5.81. The zero-order valence-electron chi connectivity index (χ0n) is 12.7. The Morgan fingerprint density at radius 3 is 2.90 bits per heavy atom. The third-order valence-electron chi connectivity index (χ3n) is 3.69. The second kappa shape index (κ2) is 8.15. The van der Waals surface area contributed by atoms with Crippen LogP contribution in [0.4, 0.5) is 5.69 Å². The molecule has 3 nitrogen and oxygen atoms in total. The molecule has 2 unspecified atom stereocenters. The van der Waals surface area contributed by atoms with Gasteiger partial charge >= 0.3 is 0 Å². The van der Waals surface area contributed by atoms with Crippen LogP contribution in [-0.4, -0.2) is 25.4 Å². The van der Waals surface area contributed by atoms with Gasteiger partial charge in [0.05, 0.1) is 18.4 Å². The Bertz CT molecular complexity index is 392. The molecule has 1 aliphatic rings. The van der Waals surface area contributed by atoms with E-state index < -0.39 is 0 Å². The Balaban J connectivity index is 1.94. The molecule has 0 amide bonds. The van der Waals surface area contributed by atoms with Crippen molar-refractivity contribution in [2.24, 2.45) is 0 Å². The molecule has 0 aromatic heterocycles. The number of nitrogens with one attached hydrogen (secondary N) is 1. The summed E-state index contributed by atoms with van der Waals surface area (Å²) in [6, 6.07) is 8.73. The van der Waals surface area contributed by atoms with Gasteiger partial charge in [0.2, 0.25) is 0 Å². The Hall–Kier alpha value is -1.22. The molecule has 0 bridgehead atoms. The van der Waals surface area contributed by atoms with Gasteiger partial charge in [-0.1, -0.05) is 32.4 Å². The number of para-hydroxylation sites is 2. The summed E-state index contributed by atoms with van der Waals surface area (Å²) in [6.45, 7) is 5.98. The quantitative estimate of drug-likeness (QED) is 0.809. The molecule has 1 aromatic rings. The van der Waals surface area contributed by atoms with Crippen molar-refractivity contribution in [3.8, 4) is 5.75 Å². The van der Waals surface area contributed by atoms with Crippen LogP contribution >= 0.6 is 0 Å². The highest BCUT2D eigenvalue weighted by Crippen LogP contribution is 2.28. The molecule has 1 saturated heterocycles. The van der Waals surface area contributed by atoms with Crippen LogP contribution in [-0.2, 0) is 4.74 Å². The largest absolute Gasteiger partial charge is 0.491 e. The number of ether oxygens (including phenoxy) is 2. The standard InChI is InChI=1S/C17H27NO2/c1-3-7-15-13-14(10-12-19-15)18-16-8-5-6-9-17(16)20-11-4-2/h5-6,8-9,14-15,18H,3-4,7,10-13H2,1-2H3. The van der Waals surface area contributed by atoms with Crippen LogP contribution in [0.1, 0.15) is 46.0 Å². The van der Waals surface area contributed by atoms with Gasteiger partial charge in [-0.05, 0) is 37.8 Å². The topological polar surface area (TPSA) is 30.5 Å². The first-order valence-electron chi connectivity index (χ1n) is 7.93. The van der Waals surface area contributed by atoms with Crippen molar-refractivity contribution < 1.29 is 9.47 Å². The Morgan fingerprint density at radius 1 is 1.25 bits per heavy atom. The smallest absolute Gasteiger partial charge is 0.142 e. The summed E-state index contributed by atoms with van der Waals surface area (Å²) in [5.41, 5.74) is 1.11. The molecule has 0 radical (unpaired) electrons. The van der Waals surface area contributed by atoms with Crippen LogP contribution in [0, 0.1) is 0 Å². The molecule has 2 atom stereocenters. The van der Waals surface area contributed by atoms with Crippen molar-refractivity contribution in [3.05, 3.63) is 24.3 Å². The summed E-state index contributed by atoms with van der Waals surface area (Å²) in [5.74, 6) is 0.966. The lowest BCUT2D eigenvalue weighted by molar-refractivity contribution is 0.00594. The predicted molar refractivity (Wildman–Crippen MR) is 83.5 cm³/mol. The average molecular weight is 277 g/mol. The number of hydrogen-bond acceptors (Lipinski definition) is 3. The van der Waals surface area contributed by atoms with Crippen LogP contribution in [0.15, 0.2) is 24.3 Å². The monoisotopic (exact) mass is 277 g/mol. The third-order valence-corrected chi connectivity index (χ3v) is 3.69. The Morgan fingerprint density at radius 2 is 2.10 bits per heavy atom. The highest BCUT2D eigenvalue weighted by Gasteiger charge is 2.22. The van der Waals surface area contributed by atoms with E-state index in [4.69, 9.17) is 9.47 Å². The van der Waals surface area contributed by atoms with Crippen molar-refractivity contribution in [1.29, 1.82) is 0 Å². The minimum absolute atomic E-state index is 0.412. The molecule has 0 spiro atoms. The fourth-order valence-electron chi connectivity index (χ4n) is 2.68. The highest BCUT2D eigenvalue weighted by molar-refractivity contribution is 5.56. The maximum absolute atomic E-state index is 5.81. The van der Waals surface area contributed by atoms with Crippen LogP contribution in [0.2, 0.25) is 0 Å². The van der Waals surface area contributed by atoms with Crippen LogP contribution in [0.5, 0.6) is 5.75 Å². The van der Waals surface area contributed by atoms with E-state index in [0.29, 0.717) is 12.1 Å².